The van der Waals surface area contributed by atoms with Crippen LogP contribution in [0.5, 0.6) is 0 Å². The van der Waals surface area contributed by atoms with Gasteiger partial charge in [0, 0.05) is 21.7 Å². The van der Waals surface area contributed by atoms with Crippen molar-refractivity contribution in [3.63, 3.8) is 0 Å². The Morgan fingerprint density at radius 2 is 1.89 bits per heavy atom. The van der Waals surface area contributed by atoms with Crippen LogP contribution in [0.2, 0.25) is 10.0 Å². The van der Waals surface area contributed by atoms with Crippen LogP contribution in [0.1, 0.15) is 12.5 Å². The largest absolute Gasteiger partial charge is 0.325 e. The van der Waals surface area contributed by atoms with Crippen molar-refractivity contribution in [2.45, 2.75) is 12.5 Å². The number of halogens is 4. The first-order chi connectivity index (χ1) is 13.1. The van der Waals surface area contributed by atoms with Crippen LogP contribution in [0.4, 0.5) is 19.3 Å². The molecule has 1 aliphatic rings. The fraction of sp³-hybridized carbons (Fsp3) is 0.167. The highest BCUT2D eigenvalue weighted by atomic mass is 35.5. The van der Waals surface area contributed by atoms with Gasteiger partial charge in [-0.15, -0.1) is 0 Å². The number of hydrogen-bond acceptors (Lipinski definition) is 3. The van der Waals surface area contributed by atoms with Crippen LogP contribution in [-0.4, -0.2) is 29.3 Å². The summed E-state index contributed by atoms with van der Waals surface area (Å²) >= 11 is 12.0. The lowest BCUT2D eigenvalue weighted by atomic mass is 9.92. The molecule has 0 radical (unpaired) electrons. The van der Waals surface area contributed by atoms with Crippen molar-refractivity contribution in [3.8, 4) is 0 Å². The molecule has 0 spiro atoms. The summed E-state index contributed by atoms with van der Waals surface area (Å²) in [5, 5.41) is 5.22. The van der Waals surface area contributed by atoms with Crippen molar-refractivity contribution < 1.29 is 23.2 Å². The average molecular weight is 428 g/mol. The van der Waals surface area contributed by atoms with Crippen LogP contribution in [0.15, 0.2) is 36.4 Å². The summed E-state index contributed by atoms with van der Waals surface area (Å²) in [4.78, 5) is 37.9. The molecule has 2 aromatic rings. The maximum atomic E-state index is 13.7. The van der Waals surface area contributed by atoms with Crippen molar-refractivity contribution in [3.05, 3.63) is 63.6 Å². The Hall–Kier alpha value is -2.71. The van der Waals surface area contributed by atoms with Gasteiger partial charge in [-0.25, -0.2) is 13.6 Å². The first-order valence-electron chi connectivity index (χ1n) is 7.96. The Balaban J connectivity index is 1.79. The summed E-state index contributed by atoms with van der Waals surface area (Å²) in [7, 11) is 0. The molecule has 0 unspecified atom stereocenters. The summed E-state index contributed by atoms with van der Waals surface area (Å²) in [5.74, 6) is -3.33. The number of imide groups is 1. The van der Waals surface area contributed by atoms with E-state index in [2.05, 4.69) is 10.6 Å². The number of nitrogens with zero attached hydrogens (tertiary/aromatic N) is 1. The summed E-state index contributed by atoms with van der Waals surface area (Å²) in [6, 6.07) is 6.23. The van der Waals surface area contributed by atoms with Crippen molar-refractivity contribution in [2.75, 3.05) is 11.9 Å². The molecule has 6 nitrogen and oxygen atoms in total. The lowest BCUT2D eigenvalue weighted by Gasteiger charge is -2.23. The lowest BCUT2D eigenvalue weighted by Crippen LogP contribution is -2.42. The molecule has 0 aromatic heterocycles. The second-order valence-corrected chi connectivity index (χ2v) is 7.09. The fourth-order valence-corrected chi connectivity index (χ4v) is 3.44. The highest BCUT2D eigenvalue weighted by Crippen LogP contribution is 2.34. The highest BCUT2D eigenvalue weighted by molar-refractivity contribution is 6.35. The van der Waals surface area contributed by atoms with Crippen molar-refractivity contribution in [1.82, 2.24) is 10.2 Å². The van der Waals surface area contributed by atoms with E-state index in [1.807, 2.05) is 0 Å². The van der Waals surface area contributed by atoms with Crippen LogP contribution < -0.4 is 10.6 Å². The molecule has 1 aliphatic heterocycles. The summed E-state index contributed by atoms with van der Waals surface area (Å²) in [5.41, 5.74) is -1.47. The summed E-state index contributed by atoms with van der Waals surface area (Å²) < 4.78 is 26.6. The molecule has 4 amide bonds. The third kappa shape index (κ3) is 3.65. The van der Waals surface area contributed by atoms with Gasteiger partial charge in [0.25, 0.3) is 5.91 Å². The summed E-state index contributed by atoms with van der Waals surface area (Å²) in [6.07, 6.45) is 0. The zero-order valence-corrected chi connectivity index (χ0v) is 15.9. The summed E-state index contributed by atoms with van der Waals surface area (Å²) in [6.45, 7) is 0.780. The molecule has 1 saturated heterocycles. The van der Waals surface area contributed by atoms with Crippen LogP contribution in [-0.2, 0) is 15.1 Å². The molecule has 0 aliphatic carbocycles. The van der Waals surface area contributed by atoms with Gasteiger partial charge in [-0.1, -0.05) is 29.3 Å². The minimum absolute atomic E-state index is 0.170. The van der Waals surface area contributed by atoms with Crippen LogP contribution in [0.25, 0.3) is 0 Å². The third-order valence-electron chi connectivity index (χ3n) is 4.25. The van der Waals surface area contributed by atoms with E-state index in [1.165, 1.54) is 25.1 Å². The molecule has 1 fully saturated rings. The normalized spacial score (nSPS) is 19.0. The molecule has 1 atom stereocenters. The molecule has 2 N–H and O–H groups in total. The monoisotopic (exact) mass is 427 g/mol. The predicted octanol–water partition coefficient (Wildman–Crippen LogP) is 3.68. The fourth-order valence-electron chi connectivity index (χ4n) is 2.84. The number of rotatable bonds is 4. The zero-order valence-electron chi connectivity index (χ0n) is 14.4. The topological polar surface area (TPSA) is 78.5 Å². The molecule has 0 saturated carbocycles. The lowest BCUT2D eigenvalue weighted by molar-refractivity contribution is -0.133. The van der Waals surface area contributed by atoms with Gasteiger partial charge in [-0.05, 0) is 31.2 Å². The first-order valence-corrected chi connectivity index (χ1v) is 8.72. The molecule has 3 rings (SSSR count). The van der Waals surface area contributed by atoms with Crippen LogP contribution >= 0.6 is 23.2 Å². The number of benzene rings is 2. The second kappa shape index (κ2) is 7.37. The molecule has 10 heteroatoms. The Kier molecular flexibility index (Phi) is 5.27. The quantitative estimate of drug-likeness (QED) is 0.730. The molecule has 0 bridgehead atoms. The second-order valence-electron chi connectivity index (χ2n) is 6.24. The van der Waals surface area contributed by atoms with Gasteiger partial charge in [-0.2, -0.15) is 0 Å². The van der Waals surface area contributed by atoms with E-state index in [4.69, 9.17) is 23.2 Å². The van der Waals surface area contributed by atoms with Gasteiger partial charge < -0.3 is 10.6 Å². The van der Waals surface area contributed by atoms with Gasteiger partial charge >= 0.3 is 6.03 Å². The van der Waals surface area contributed by atoms with Crippen molar-refractivity contribution in [1.29, 1.82) is 0 Å². The minimum Gasteiger partial charge on any atom is -0.322 e. The number of anilines is 1. The van der Waals surface area contributed by atoms with Crippen molar-refractivity contribution in [2.24, 2.45) is 0 Å². The number of nitrogens with one attached hydrogen (secondary N) is 2. The minimum atomic E-state index is -1.50. The highest BCUT2D eigenvalue weighted by Gasteiger charge is 2.50. The maximum absolute atomic E-state index is 13.7. The average Bonchev–Trinajstić information content (AvgIpc) is 2.81. The van der Waals surface area contributed by atoms with E-state index in [0.717, 1.165) is 12.1 Å². The number of hydrogen-bond donors (Lipinski definition) is 2. The molecular weight excluding hydrogens is 415 g/mol. The molecule has 146 valence electrons. The van der Waals surface area contributed by atoms with Crippen LogP contribution in [0, 0.1) is 11.6 Å². The zero-order chi connectivity index (χ0) is 20.6. The van der Waals surface area contributed by atoms with E-state index in [0.29, 0.717) is 21.6 Å². The van der Waals surface area contributed by atoms with Gasteiger partial charge in [0.15, 0.2) is 0 Å². The predicted molar refractivity (Wildman–Crippen MR) is 99.0 cm³/mol. The van der Waals surface area contributed by atoms with E-state index in [-0.39, 0.29) is 10.7 Å². The Bertz CT molecular complexity index is 1000. The third-order valence-corrected chi connectivity index (χ3v) is 4.80. The van der Waals surface area contributed by atoms with Crippen molar-refractivity contribution >= 4 is 46.7 Å². The van der Waals surface area contributed by atoms with Crippen LogP contribution in [0.3, 0.4) is 0 Å². The molecule has 2 aromatic carbocycles. The van der Waals surface area contributed by atoms with E-state index < -0.39 is 41.6 Å². The molecular formula is C18H13Cl2F2N3O3. The SMILES string of the molecule is C[C@]1(c2ccc(Cl)cc2Cl)NC(=O)N(CC(=O)Nc2ccc(F)cc2F)C1=O. The maximum Gasteiger partial charge on any atom is 0.325 e. The number of carbonyl (C=O) groups is 3. The first kappa shape index (κ1) is 20.0. The molecule has 1 heterocycles. The van der Waals surface area contributed by atoms with E-state index in [1.54, 1.807) is 0 Å². The van der Waals surface area contributed by atoms with Gasteiger partial charge in [0.2, 0.25) is 5.91 Å². The Labute approximate surface area is 168 Å². The van der Waals surface area contributed by atoms with Gasteiger partial charge in [-0.3, -0.25) is 14.5 Å². The van der Waals surface area contributed by atoms with E-state index in [9.17, 15) is 23.2 Å². The van der Waals surface area contributed by atoms with Gasteiger partial charge in [0.1, 0.15) is 23.7 Å². The Morgan fingerprint density at radius 1 is 1.18 bits per heavy atom. The number of amides is 4. The Morgan fingerprint density at radius 3 is 2.54 bits per heavy atom. The number of carbonyl (C=O) groups excluding carboxylic acids is 3. The van der Waals surface area contributed by atoms with Gasteiger partial charge in [0.05, 0.1) is 5.69 Å². The molecule has 28 heavy (non-hydrogen) atoms. The number of urea groups is 1. The standard InChI is InChI=1S/C18H13Cl2F2N3O3/c1-18(11-4-2-9(19)6-12(11)20)16(27)25(17(28)24-18)8-15(26)23-14-5-3-10(21)7-13(14)22/h2-7H,8H2,1H3,(H,23,26)(H,24,28)/t18-/m1/s1. The van der Waals surface area contributed by atoms with E-state index >= 15 is 0 Å². The smallest absolute Gasteiger partial charge is 0.322 e.